The Hall–Kier alpha value is -2.81. The van der Waals surface area contributed by atoms with Crippen LogP contribution in [0, 0.1) is 18.7 Å². The molecule has 1 atom stereocenters. The summed E-state index contributed by atoms with van der Waals surface area (Å²) < 4.78 is 18.4. The highest BCUT2D eigenvalue weighted by Gasteiger charge is 2.35. The number of anilines is 1. The fourth-order valence-corrected chi connectivity index (χ4v) is 3.68. The van der Waals surface area contributed by atoms with Crippen LogP contribution in [0.3, 0.4) is 0 Å². The molecule has 0 aliphatic carbocycles. The van der Waals surface area contributed by atoms with Crippen molar-refractivity contribution in [2.24, 2.45) is 5.92 Å². The fraction of sp³-hybridized carbons (Fsp3) is 0.333. The third kappa shape index (κ3) is 4.13. The van der Waals surface area contributed by atoms with Gasteiger partial charge in [-0.15, -0.1) is 11.3 Å². The summed E-state index contributed by atoms with van der Waals surface area (Å²) in [6.45, 7) is 2.03. The van der Waals surface area contributed by atoms with Crippen molar-refractivity contribution in [3.05, 3.63) is 46.2 Å². The summed E-state index contributed by atoms with van der Waals surface area (Å²) in [6, 6.07) is 6.23. The van der Waals surface area contributed by atoms with Crippen LogP contribution in [0.1, 0.15) is 27.3 Å². The van der Waals surface area contributed by atoms with Gasteiger partial charge in [0.1, 0.15) is 5.82 Å². The zero-order valence-corrected chi connectivity index (χ0v) is 15.6. The summed E-state index contributed by atoms with van der Waals surface area (Å²) in [5.41, 5.74) is 0.562. The number of carbonyl (C=O) groups is 3. The number of esters is 1. The number of carbonyl (C=O) groups excluding carboxylic acids is 3. The Balaban J connectivity index is 1.64. The van der Waals surface area contributed by atoms with Crippen LogP contribution < -0.4 is 5.32 Å². The second kappa shape index (κ2) is 7.83. The van der Waals surface area contributed by atoms with Crippen molar-refractivity contribution in [3.63, 3.8) is 0 Å². The first-order valence-corrected chi connectivity index (χ1v) is 9.08. The Kier molecular flexibility index (Phi) is 5.50. The molecule has 1 unspecified atom stereocenters. The van der Waals surface area contributed by atoms with Crippen LogP contribution in [0.5, 0.6) is 0 Å². The second-order valence-electron chi connectivity index (χ2n) is 6.17. The lowest BCUT2D eigenvalue weighted by Crippen LogP contribution is -2.28. The first-order valence-electron chi connectivity index (χ1n) is 8.26. The zero-order valence-electron chi connectivity index (χ0n) is 14.8. The van der Waals surface area contributed by atoms with Crippen LogP contribution in [-0.4, -0.2) is 41.3 Å². The summed E-state index contributed by atoms with van der Waals surface area (Å²) in [7, 11) is 1.26. The van der Waals surface area contributed by atoms with Gasteiger partial charge in [0.25, 0.3) is 0 Å². The third-order valence-corrected chi connectivity index (χ3v) is 5.20. The van der Waals surface area contributed by atoms with Gasteiger partial charge < -0.3 is 15.0 Å². The van der Waals surface area contributed by atoms with E-state index in [2.05, 4.69) is 15.0 Å². The Morgan fingerprint density at radius 3 is 2.85 bits per heavy atom. The molecule has 27 heavy (non-hydrogen) atoms. The van der Waals surface area contributed by atoms with Gasteiger partial charge in [0, 0.05) is 30.0 Å². The quantitative estimate of drug-likeness (QED) is 0.791. The molecule has 3 rings (SSSR count). The first-order chi connectivity index (χ1) is 12.9. The van der Waals surface area contributed by atoms with Crippen LogP contribution in [0.15, 0.2) is 24.3 Å². The molecular weight excluding hydrogens is 373 g/mol. The lowest BCUT2D eigenvalue weighted by atomic mass is 10.1. The monoisotopic (exact) mass is 391 g/mol. The van der Waals surface area contributed by atoms with E-state index in [1.165, 1.54) is 18.1 Å². The van der Waals surface area contributed by atoms with Crippen molar-refractivity contribution < 1.29 is 23.5 Å². The molecule has 1 N–H and O–H groups in total. The third-order valence-electron chi connectivity index (χ3n) is 4.31. The van der Waals surface area contributed by atoms with E-state index in [0.717, 1.165) is 11.3 Å². The molecular formula is C18H18FN3O4S. The van der Waals surface area contributed by atoms with Crippen LogP contribution in [0.4, 0.5) is 9.52 Å². The number of halogens is 1. The van der Waals surface area contributed by atoms with Gasteiger partial charge in [-0.1, -0.05) is 18.2 Å². The minimum absolute atomic E-state index is 0.0501. The lowest BCUT2D eigenvalue weighted by molar-refractivity contribution is -0.128. The molecule has 1 aromatic heterocycles. The van der Waals surface area contributed by atoms with Crippen molar-refractivity contribution in [2.45, 2.75) is 19.9 Å². The molecule has 7 nitrogen and oxygen atoms in total. The van der Waals surface area contributed by atoms with Crippen molar-refractivity contribution in [1.29, 1.82) is 0 Å². The topological polar surface area (TPSA) is 88.6 Å². The molecule has 1 fully saturated rings. The smallest absolute Gasteiger partial charge is 0.357 e. The molecule has 2 aromatic rings. The number of thiazole rings is 1. The van der Waals surface area contributed by atoms with Crippen molar-refractivity contribution in [3.8, 4) is 0 Å². The zero-order chi connectivity index (χ0) is 19.6. The minimum atomic E-state index is -0.573. The Bertz CT molecular complexity index is 898. The predicted octanol–water partition coefficient (Wildman–Crippen LogP) is 2.36. The average molecular weight is 391 g/mol. The molecule has 2 amide bonds. The predicted molar refractivity (Wildman–Crippen MR) is 96.7 cm³/mol. The standard InChI is InChI=1S/C18H18FN3O4S/c1-10-15(17(25)26-2)20-18(27-10)21-16(24)12-7-14(23)22(9-12)8-11-5-3-4-6-13(11)19/h3-6,12H,7-9H2,1-2H3,(H,20,21,24). The molecule has 1 saturated heterocycles. The first kappa shape index (κ1) is 19.0. The molecule has 0 saturated carbocycles. The fourth-order valence-electron chi connectivity index (χ4n) is 2.88. The van der Waals surface area contributed by atoms with Gasteiger partial charge in [-0.2, -0.15) is 0 Å². The summed E-state index contributed by atoms with van der Waals surface area (Å²) in [6.07, 6.45) is 0.0501. The molecule has 1 aromatic carbocycles. The second-order valence-corrected chi connectivity index (χ2v) is 7.37. The molecule has 0 spiro atoms. The SMILES string of the molecule is COC(=O)c1nc(NC(=O)C2CC(=O)N(Cc3ccccc3F)C2)sc1C. The Morgan fingerprint density at radius 1 is 1.41 bits per heavy atom. The summed E-state index contributed by atoms with van der Waals surface area (Å²) >= 11 is 1.16. The van der Waals surface area contributed by atoms with Gasteiger partial charge in [0.2, 0.25) is 11.8 Å². The molecule has 0 radical (unpaired) electrons. The largest absolute Gasteiger partial charge is 0.464 e. The average Bonchev–Trinajstić information content (AvgIpc) is 3.19. The van der Waals surface area contributed by atoms with Crippen molar-refractivity contribution in [1.82, 2.24) is 9.88 Å². The van der Waals surface area contributed by atoms with Gasteiger partial charge in [-0.05, 0) is 13.0 Å². The summed E-state index contributed by atoms with van der Waals surface area (Å²) in [4.78, 5) is 42.4. The number of aromatic nitrogens is 1. The number of rotatable bonds is 5. The number of nitrogens with one attached hydrogen (secondary N) is 1. The molecule has 1 aliphatic rings. The van der Waals surface area contributed by atoms with Gasteiger partial charge in [-0.3, -0.25) is 9.59 Å². The van der Waals surface area contributed by atoms with Crippen LogP contribution in [-0.2, 0) is 20.9 Å². The van der Waals surface area contributed by atoms with Gasteiger partial charge in [0.05, 0.1) is 13.0 Å². The number of ether oxygens (including phenoxy) is 1. The van der Waals surface area contributed by atoms with E-state index < -0.39 is 11.9 Å². The maximum absolute atomic E-state index is 13.8. The van der Waals surface area contributed by atoms with Gasteiger partial charge in [-0.25, -0.2) is 14.2 Å². The van der Waals surface area contributed by atoms with E-state index in [0.29, 0.717) is 10.4 Å². The number of likely N-dealkylation sites (tertiary alicyclic amines) is 1. The van der Waals surface area contributed by atoms with Crippen molar-refractivity contribution in [2.75, 3.05) is 19.0 Å². The van der Waals surface area contributed by atoms with Crippen LogP contribution >= 0.6 is 11.3 Å². The van der Waals surface area contributed by atoms with E-state index in [1.54, 1.807) is 25.1 Å². The van der Waals surface area contributed by atoms with Crippen LogP contribution in [0.25, 0.3) is 0 Å². The van der Waals surface area contributed by atoms with E-state index in [1.807, 2.05) is 0 Å². The number of amides is 2. The molecule has 2 heterocycles. The Labute approximate surface area is 159 Å². The normalized spacial score (nSPS) is 16.5. The summed E-state index contributed by atoms with van der Waals surface area (Å²) in [5.74, 6) is -2.08. The highest BCUT2D eigenvalue weighted by atomic mass is 32.1. The molecule has 9 heteroatoms. The highest BCUT2D eigenvalue weighted by Crippen LogP contribution is 2.26. The molecule has 1 aliphatic heterocycles. The molecule has 0 bridgehead atoms. The number of nitrogens with zero attached hydrogens (tertiary/aromatic N) is 2. The van der Waals surface area contributed by atoms with E-state index in [4.69, 9.17) is 0 Å². The number of hydrogen-bond acceptors (Lipinski definition) is 6. The maximum atomic E-state index is 13.8. The number of hydrogen-bond donors (Lipinski definition) is 1. The molecule has 142 valence electrons. The minimum Gasteiger partial charge on any atom is -0.464 e. The summed E-state index contributed by atoms with van der Waals surface area (Å²) in [5, 5.41) is 2.92. The number of methoxy groups -OCH3 is 1. The maximum Gasteiger partial charge on any atom is 0.357 e. The van der Waals surface area contributed by atoms with Crippen molar-refractivity contribution >= 4 is 34.3 Å². The number of aryl methyl sites for hydroxylation is 1. The van der Waals surface area contributed by atoms with Gasteiger partial charge in [0.15, 0.2) is 10.8 Å². The van der Waals surface area contributed by atoms with Crippen LogP contribution in [0.2, 0.25) is 0 Å². The van der Waals surface area contributed by atoms with E-state index >= 15 is 0 Å². The van der Waals surface area contributed by atoms with E-state index in [9.17, 15) is 18.8 Å². The Morgan fingerprint density at radius 2 is 2.15 bits per heavy atom. The highest BCUT2D eigenvalue weighted by molar-refractivity contribution is 7.16. The van der Waals surface area contributed by atoms with Gasteiger partial charge >= 0.3 is 5.97 Å². The lowest BCUT2D eigenvalue weighted by Gasteiger charge is -2.16. The number of benzene rings is 1. The van der Waals surface area contributed by atoms with E-state index in [-0.39, 0.29) is 48.0 Å².